The lowest BCUT2D eigenvalue weighted by molar-refractivity contribution is 0.203. The molecular formula is C24H31N5. The standard InChI is InChI=1S/C24H31N5/c1-19-8-5-11-25-22(19)16-28(4)14-15-29(17-23-20(2)9-6-12-26-23)18-24-21(3)10-7-13-27-24/h5-13H,14-18H2,1-4H3. The summed E-state index contributed by atoms with van der Waals surface area (Å²) in [5.74, 6) is 0. The average Bonchev–Trinajstić information content (AvgIpc) is 2.71. The van der Waals surface area contributed by atoms with E-state index in [2.05, 4.69) is 70.8 Å². The molecule has 0 saturated carbocycles. The van der Waals surface area contributed by atoms with Crippen LogP contribution in [0.5, 0.6) is 0 Å². The molecule has 0 amide bonds. The Morgan fingerprint density at radius 3 is 1.45 bits per heavy atom. The van der Waals surface area contributed by atoms with Gasteiger partial charge in [-0.15, -0.1) is 0 Å². The van der Waals surface area contributed by atoms with Crippen molar-refractivity contribution in [3.8, 4) is 0 Å². The highest BCUT2D eigenvalue weighted by molar-refractivity contribution is 5.20. The number of pyridine rings is 3. The monoisotopic (exact) mass is 389 g/mol. The Balaban J connectivity index is 1.68. The summed E-state index contributed by atoms with van der Waals surface area (Å²) >= 11 is 0. The molecule has 29 heavy (non-hydrogen) atoms. The molecule has 5 nitrogen and oxygen atoms in total. The molecule has 0 radical (unpaired) electrons. The van der Waals surface area contributed by atoms with Gasteiger partial charge in [-0.1, -0.05) is 18.2 Å². The highest BCUT2D eigenvalue weighted by Crippen LogP contribution is 2.13. The molecule has 0 aliphatic carbocycles. The van der Waals surface area contributed by atoms with Gasteiger partial charge in [-0.2, -0.15) is 0 Å². The average molecular weight is 390 g/mol. The fraction of sp³-hybridized carbons (Fsp3) is 0.375. The zero-order chi connectivity index (χ0) is 20.6. The van der Waals surface area contributed by atoms with Crippen molar-refractivity contribution in [2.75, 3.05) is 20.1 Å². The Kier molecular flexibility index (Phi) is 7.44. The van der Waals surface area contributed by atoms with Gasteiger partial charge >= 0.3 is 0 Å². The number of likely N-dealkylation sites (N-methyl/N-ethyl adjacent to an activating group) is 1. The lowest BCUT2D eigenvalue weighted by Gasteiger charge is -2.26. The van der Waals surface area contributed by atoms with Crippen LogP contribution in [0.15, 0.2) is 55.0 Å². The molecule has 0 bridgehead atoms. The van der Waals surface area contributed by atoms with Gasteiger partial charge in [0.25, 0.3) is 0 Å². The van der Waals surface area contributed by atoms with E-state index in [1.54, 1.807) is 0 Å². The topological polar surface area (TPSA) is 45.2 Å². The van der Waals surface area contributed by atoms with Crippen LogP contribution in [0.1, 0.15) is 33.8 Å². The Bertz CT molecular complexity index is 877. The van der Waals surface area contributed by atoms with Crippen LogP contribution >= 0.6 is 0 Å². The van der Waals surface area contributed by atoms with Crippen molar-refractivity contribution in [2.45, 2.75) is 40.4 Å². The first-order valence-electron chi connectivity index (χ1n) is 10.2. The van der Waals surface area contributed by atoms with E-state index in [0.717, 1.165) is 49.8 Å². The Morgan fingerprint density at radius 1 is 0.621 bits per heavy atom. The summed E-state index contributed by atoms with van der Waals surface area (Å²) in [7, 11) is 2.16. The fourth-order valence-corrected chi connectivity index (χ4v) is 3.34. The van der Waals surface area contributed by atoms with Crippen molar-refractivity contribution in [1.29, 1.82) is 0 Å². The third-order valence-electron chi connectivity index (χ3n) is 5.32. The number of hydrogen-bond acceptors (Lipinski definition) is 5. The summed E-state index contributed by atoms with van der Waals surface area (Å²) in [6.45, 7) is 10.8. The quantitative estimate of drug-likeness (QED) is 0.555. The van der Waals surface area contributed by atoms with Crippen LogP contribution in [0.25, 0.3) is 0 Å². The van der Waals surface area contributed by atoms with E-state index in [-0.39, 0.29) is 0 Å². The summed E-state index contributed by atoms with van der Waals surface area (Å²) in [6.07, 6.45) is 5.63. The smallest absolute Gasteiger partial charge is 0.0573 e. The first-order valence-corrected chi connectivity index (χ1v) is 10.2. The van der Waals surface area contributed by atoms with E-state index in [4.69, 9.17) is 0 Å². The summed E-state index contributed by atoms with van der Waals surface area (Å²) in [6, 6.07) is 12.4. The van der Waals surface area contributed by atoms with Crippen LogP contribution in [0.4, 0.5) is 0 Å². The molecule has 3 heterocycles. The highest BCUT2D eigenvalue weighted by Gasteiger charge is 2.13. The van der Waals surface area contributed by atoms with Gasteiger partial charge in [0.05, 0.1) is 17.1 Å². The second kappa shape index (κ2) is 10.2. The van der Waals surface area contributed by atoms with Gasteiger partial charge in [-0.3, -0.25) is 24.8 Å². The molecule has 0 unspecified atom stereocenters. The molecule has 0 atom stereocenters. The first-order chi connectivity index (χ1) is 14.0. The molecule has 0 aliphatic rings. The summed E-state index contributed by atoms with van der Waals surface area (Å²) in [5.41, 5.74) is 7.10. The molecule has 0 aliphatic heterocycles. The largest absolute Gasteiger partial charge is 0.299 e. The van der Waals surface area contributed by atoms with Crippen LogP contribution in [-0.2, 0) is 19.6 Å². The lowest BCUT2D eigenvalue weighted by atomic mass is 10.1. The molecule has 0 N–H and O–H groups in total. The van der Waals surface area contributed by atoms with Crippen molar-refractivity contribution in [2.24, 2.45) is 0 Å². The van der Waals surface area contributed by atoms with E-state index in [1.807, 2.05) is 36.8 Å². The Labute approximate surface area is 174 Å². The normalized spacial score (nSPS) is 11.4. The summed E-state index contributed by atoms with van der Waals surface area (Å²) in [4.78, 5) is 18.5. The van der Waals surface area contributed by atoms with E-state index in [9.17, 15) is 0 Å². The third-order valence-corrected chi connectivity index (χ3v) is 5.32. The van der Waals surface area contributed by atoms with Crippen molar-refractivity contribution < 1.29 is 0 Å². The minimum Gasteiger partial charge on any atom is -0.299 e. The van der Waals surface area contributed by atoms with Crippen LogP contribution in [0.3, 0.4) is 0 Å². The first kappa shape index (κ1) is 21.1. The second-order valence-corrected chi connectivity index (χ2v) is 7.75. The number of hydrogen-bond donors (Lipinski definition) is 0. The van der Waals surface area contributed by atoms with Crippen molar-refractivity contribution in [3.05, 3.63) is 88.8 Å². The van der Waals surface area contributed by atoms with Crippen molar-refractivity contribution in [1.82, 2.24) is 24.8 Å². The SMILES string of the molecule is Cc1cccnc1CN(C)CCN(Cc1ncccc1C)Cc1ncccc1C. The molecule has 3 rings (SSSR count). The van der Waals surface area contributed by atoms with E-state index >= 15 is 0 Å². The number of aromatic nitrogens is 3. The van der Waals surface area contributed by atoms with Crippen LogP contribution < -0.4 is 0 Å². The highest BCUT2D eigenvalue weighted by atomic mass is 15.2. The maximum absolute atomic E-state index is 4.60. The van der Waals surface area contributed by atoms with Gasteiger partial charge < -0.3 is 0 Å². The molecule has 0 saturated heterocycles. The molecule has 152 valence electrons. The van der Waals surface area contributed by atoms with Gasteiger partial charge in [-0.25, -0.2) is 0 Å². The second-order valence-electron chi connectivity index (χ2n) is 7.75. The summed E-state index contributed by atoms with van der Waals surface area (Å²) in [5, 5.41) is 0. The van der Waals surface area contributed by atoms with E-state index in [1.165, 1.54) is 16.7 Å². The van der Waals surface area contributed by atoms with Crippen molar-refractivity contribution >= 4 is 0 Å². The third kappa shape index (κ3) is 6.17. The Hall–Kier alpha value is -2.63. The predicted molar refractivity (Wildman–Crippen MR) is 117 cm³/mol. The van der Waals surface area contributed by atoms with Gasteiger partial charge in [-0.05, 0) is 62.7 Å². The lowest BCUT2D eigenvalue weighted by Crippen LogP contribution is -2.33. The van der Waals surface area contributed by atoms with Crippen LogP contribution in [-0.4, -0.2) is 44.9 Å². The van der Waals surface area contributed by atoms with Gasteiger partial charge in [0.1, 0.15) is 0 Å². The number of aryl methyl sites for hydroxylation is 3. The maximum atomic E-state index is 4.60. The molecule has 0 aromatic carbocycles. The molecule has 3 aromatic heterocycles. The van der Waals surface area contributed by atoms with Gasteiger partial charge in [0.15, 0.2) is 0 Å². The van der Waals surface area contributed by atoms with Gasteiger partial charge in [0.2, 0.25) is 0 Å². The predicted octanol–water partition coefficient (Wildman–Crippen LogP) is 3.93. The van der Waals surface area contributed by atoms with Crippen LogP contribution in [0.2, 0.25) is 0 Å². The van der Waals surface area contributed by atoms with E-state index < -0.39 is 0 Å². The molecule has 5 heteroatoms. The van der Waals surface area contributed by atoms with Crippen LogP contribution in [0, 0.1) is 20.8 Å². The molecule has 0 fully saturated rings. The van der Waals surface area contributed by atoms with Gasteiger partial charge in [0, 0.05) is 51.3 Å². The zero-order valence-electron chi connectivity index (χ0n) is 18.0. The minimum atomic E-state index is 0.819. The summed E-state index contributed by atoms with van der Waals surface area (Å²) < 4.78 is 0. The number of nitrogens with zero attached hydrogens (tertiary/aromatic N) is 5. The molecule has 0 spiro atoms. The molecular weight excluding hydrogens is 358 g/mol. The number of rotatable bonds is 9. The molecule has 3 aromatic rings. The zero-order valence-corrected chi connectivity index (χ0v) is 18.0. The maximum Gasteiger partial charge on any atom is 0.0573 e. The fourth-order valence-electron chi connectivity index (χ4n) is 3.34. The Morgan fingerprint density at radius 2 is 1.03 bits per heavy atom. The van der Waals surface area contributed by atoms with Crippen molar-refractivity contribution in [3.63, 3.8) is 0 Å². The minimum absolute atomic E-state index is 0.819. The van der Waals surface area contributed by atoms with E-state index in [0.29, 0.717) is 0 Å².